The Morgan fingerprint density at radius 3 is 2.43 bits per heavy atom. The monoisotopic (exact) mass is 297 g/mol. The Hall–Kier alpha value is -2.40. The number of methoxy groups -OCH3 is 1. The van der Waals surface area contributed by atoms with Gasteiger partial charge in [-0.3, -0.25) is 0 Å². The molecule has 1 heterocycles. The number of benzene rings is 2. The SMILES string of the molecule is COc1ccc(-c2nn(C)c(=Nc3ccccc3)s2)cc1. The van der Waals surface area contributed by atoms with Crippen molar-refractivity contribution in [3.63, 3.8) is 0 Å². The highest BCUT2D eigenvalue weighted by Crippen LogP contribution is 2.22. The lowest BCUT2D eigenvalue weighted by Crippen LogP contribution is -2.10. The summed E-state index contributed by atoms with van der Waals surface area (Å²) in [5.41, 5.74) is 1.99. The molecule has 0 radical (unpaired) electrons. The quantitative estimate of drug-likeness (QED) is 0.743. The first-order valence-corrected chi connectivity index (χ1v) is 7.36. The van der Waals surface area contributed by atoms with Crippen molar-refractivity contribution in [2.75, 3.05) is 7.11 Å². The van der Waals surface area contributed by atoms with Crippen molar-refractivity contribution in [3.8, 4) is 16.3 Å². The van der Waals surface area contributed by atoms with Crippen LogP contribution in [-0.2, 0) is 7.05 Å². The van der Waals surface area contributed by atoms with Gasteiger partial charge in [0.25, 0.3) is 0 Å². The summed E-state index contributed by atoms with van der Waals surface area (Å²) in [4.78, 5) is 5.48. The van der Waals surface area contributed by atoms with Gasteiger partial charge in [0, 0.05) is 12.6 Å². The van der Waals surface area contributed by atoms with E-state index in [2.05, 4.69) is 10.1 Å². The maximum absolute atomic E-state index is 5.17. The van der Waals surface area contributed by atoms with E-state index in [1.807, 2.05) is 61.6 Å². The number of aryl methyl sites for hydroxylation is 1. The molecule has 0 aliphatic heterocycles. The van der Waals surface area contributed by atoms with Crippen LogP contribution in [0.5, 0.6) is 5.75 Å². The molecule has 0 atom stereocenters. The smallest absolute Gasteiger partial charge is 0.208 e. The lowest BCUT2D eigenvalue weighted by molar-refractivity contribution is 0.415. The third-order valence-electron chi connectivity index (χ3n) is 3.02. The summed E-state index contributed by atoms with van der Waals surface area (Å²) < 4.78 is 6.98. The molecule has 0 saturated heterocycles. The van der Waals surface area contributed by atoms with E-state index in [1.165, 1.54) is 0 Å². The van der Waals surface area contributed by atoms with Gasteiger partial charge in [-0.25, -0.2) is 9.67 Å². The Morgan fingerprint density at radius 1 is 1.05 bits per heavy atom. The first-order chi connectivity index (χ1) is 10.3. The van der Waals surface area contributed by atoms with Crippen LogP contribution in [0, 0.1) is 0 Å². The van der Waals surface area contributed by atoms with Gasteiger partial charge in [0.05, 0.1) is 12.8 Å². The van der Waals surface area contributed by atoms with Crippen LogP contribution >= 0.6 is 11.3 Å². The minimum Gasteiger partial charge on any atom is -0.497 e. The van der Waals surface area contributed by atoms with Gasteiger partial charge < -0.3 is 4.74 Å². The molecule has 4 nitrogen and oxygen atoms in total. The van der Waals surface area contributed by atoms with Crippen LogP contribution in [0.1, 0.15) is 0 Å². The molecule has 0 aliphatic carbocycles. The van der Waals surface area contributed by atoms with Gasteiger partial charge in [0.1, 0.15) is 10.8 Å². The zero-order chi connectivity index (χ0) is 14.7. The summed E-state index contributed by atoms with van der Waals surface area (Å²) in [7, 11) is 3.57. The third kappa shape index (κ3) is 3.03. The first kappa shape index (κ1) is 13.6. The highest BCUT2D eigenvalue weighted by Gasteiger charge is 2.05. The predicted octanol–water partition coefficient (Wildman–Crippen LogP) is 3.39. The maximum atomic E-state index is 5.17. The van der Waals surface area contributed by atoms with E-state index in [0.29, 0.717) is 0 Å². The fourth-order valence-electron chi connectivity index (χ4n) is 1.91. The minimum atomic E-state index is 0.842. The van der Waals surface area contributed by atoms with Crippen LogP contribution in [0.15, 0.2) is 59.6 Å². The second kappa shape index (κ2) is 5.93. The van der Waals surface area contributed by atoms with Gasteiger partial charge in [-0.05, 0) is 36.4 Å². The van der Waals surface area contributed by atoms with E-state index in [1.54, 1.807) is 23.1 Å². The van der Waals surface area contributed by atoms with Crippen LogP contribution in [0.25, 0.3) is 10.6 Å². The van der Waals surface area contributed by atoms with Crippen LogP contribution in [0.2, 0.25) is 0 Å². The molecule has 0 fully saturated rings. The maximum Gasteiger partial charge on any atom is 0.208 e. The lowest BCUT2D eigenvalue weighted by atomic mass is 10.2. The summed E-state index contributed by atoms with van der Waals surface area (Å²) in [5.74, 6) is 0.842. The van der Waals surface area contributed by atoms with Gasteiger partial charge >= 0.3 is 0 Å². The molecule has 0 N–H and O–H groups in total. The lowest BCUT2D eigenvalue weighted by Gasteiger charge is -1.99. The second-order valence-electron chi connectivity index (χ2n) is 4.49. The number of aromatic nitrogens is 2. The second-order valence-corrected chi connectivity index (χ2v) is 5.45. The molecule has 3 aromatic rings. The predicted molar refractivity (Wildman–Crippen MR) is 84.7 cm³/mol. The average molecular weight is 297 g/mol. The number of ether oxygens (including phenoxy) is 1. The van der Waals surface area contributed by atoms with Crippen LogP contribution < -0.4 is 9.54 Å². The first-order valence-electron chi connectivity index (χ1n) is 6.54. The molecule has 2 aromatic carbocycles. The number of nitrogens with zero attached hydrogens (tertiary/aromatic N) is 3. The molecule has 1 aromatic heterocycles. The summed E-state index contributed by atoms with van der Waals surface area (Å²) in [5, 5.41) is 5.47. The highest BCUT2D eigenvalue weighted by atomic mass is 32.1. The molecule has 0 saturated carbocycles. The molecule has 21 heavy (non-hydrogen) atoms. The van der Waals surface area contributed by atoms with Crippen LogP contribution in [0.3, 0.4) is 0 Å². The largest absolute Gasteiger partial charge is 0.497 e. The molecule has 3 rings (SSSR count). The standard InChI is InChI=1S/C16H15N3OS/c1-19-16(17-13-6-4-3-5-7-13)21-15(18-19)12-8-10-14(20-2)11-9-12/h3-11H,1-2H3. The molecule has 106 valence electrons. The van der Waals surface area contributed by atoms with Gasteiger partial charge in [0.15, 0.2) is 0 Å². The zero-order valence-electron chi connectivity index (χ0n) is 11.9. The third-order valence-corrected chi connectivity index (χ3v) is 4.07. The summed E-state index contributed by atoms with van der Waals surface area (Å²) >= 11 is 1.57. The van der Waals surface area contributed by atoms with E-state index < -0.39 is 0 Å². The molecular formula is C16H15N3OS. The average Bonchev–Trinajstić information content (AvgIpc) is 2.89. The van der Waals surface area contributed by atoms with E-state index in [-0.39, 0.29) is 0 Å². The fraction of sp³-hybridized carbons (Fsp3) is 0.125. The number of hydrogen-bond acceptors (Lipinski definition) is 4. The number of para-hydroxylation sites is 1. The van der Waals surface area contributed by atoms with E-state index in [4.69, 9.17) is 4.74 Å². The van der Waals surface area contributed by atoms with Gasteiger partial charge in [-0.1, -0.05) is 29.5 Å². The number of rotatable bonds is 3. The summed E-state index contributed by atoms with van der Waals surface area (Å²) in [6.45, 7) is 0. The van der Waals surface area contributed by atoms with Crippen molar-refractivity contribution < 1.29 is 4.74 Å². The van der Waals surface area contributed by atoms with Gasteiger partial charge in [-0.15, -0.1) is 0 Å². The molecule has 0 aliphatic rings. The van der Waals surface area contributed by atoms with Crippen molar-refractivity contribution >= 4 is 17.0 Å². The Morgan fingerprint density at radius 2 is 1.76 bits per heavy atom. The molecule has 0 spiro atoms. The van der Waals surface area contributed by atoms with Crippen molar-refractivity contribution in [2.45, 2.75) is 0 Å². The van der Waals surface area contributed by atoms with Crippen LogP contribution in [0.4, 0.5) is 5.69 Å². The summed E-state index contributed by atoms with van der Waals surface area (Å²) in [6, 6.07) is 17.8. The summed E-state index contributed by atoms with van der Waals surface area (Å²) in [6.07, 6.45) is 0. The van der Waals surface area contributed by atoms with Gasteiger partial charge in [-0.2, -0.15) is 5.10 Å². The number of hydrogen-bond donors (Lipinski definition) is 0. The molecule has 0 amide bonds. The van der Waals surface area contributed by atoms with Crippen molar-refractivity contribution in [2.24, 2.45) is 12.0 Å². The molecular weight excluding hydrogens is 282 g/mol. The Balaban J connectivity index is 1.99. The molecule has 0 bridgehead atoms. The van der Waals surface area contributed by atoms with E-state index in [0.717, 1.165) is 26.8 Å². The minimum absolute atomic E-state index is 0.842. The fourth-order valence-corrected chi connectivity index (χ4v) is 2.82. The van der Waals surface area contributed by atoms with E-state index in [9.17, 15) is 0 Å². The van der Waals surface area contributed by atoms with Crippen molar-refractivity contribution in [1.29, 1.82) is 0 Å². The zero-order valence-corrected chi connectivity index (χ0v) is 12.7. The Kier molecular flexibility index (Phi) is 3.83. The van der Waals surface area contributed by atoms with Crippen molar-refractivity contribution in [1.82, 2.24) is 9.78 Å². The normalized spacial score (nSPS) is 11.6. The Labute approximate surface area is 127 Å². The topological polar surface area (TPSA) is 39.4 Å². The van der Waals surface area contributed by atoms with Crippen LogP contribution in [-0.4, -0.2) is 16.9 Å². The molecule has 0 unspecified atom stereocenters. The Bertz CT molecular complexity index is 788. The molecule has 5 heteroatoms. The highest BCUT2D eigenvalue weighted by molar-refractivity contribution is 7.12. The van der Waals surface area contributed by atoms with Crippen molar-refractivity contribution in [3.05, 3.63) is 59.4 Å². The van der Waals surface area contributed by atoms with Gasteiger partial charge in [0.2, 0.25) is 4.80 Å². The van der Waals surface area contributed by atoms with E-state index >= 15 is 0 Å².